The lowest BCUT2D eigenvalue weighted by molar-refractivity contribution is -0.131. The molecule has 4 rings (SSSR count). The predicted octanol–water partition coefficient (Wildman–Crippen LogP) is 2.03. The predicted molar refractivity (Wildman–Crippen MR) is 217 cm³/mol. The second-order valence-corrected chi connectivity index (χ2v) is 17.4. The van der Waals surface area contributed by atoms with Crippen LogP contribution in [0.1, 0.15) is 50.5 Å². The molecule has 0 aliphatic heterocycles. The number of carbonyl (C=O) groups is 3. The molecule has 0 unspecified atom stereocenters. The number of Topliss-reactive ketones (excluding diaryl/α,β-unsaturated/α-hetero) is 1. The molecule has 16 nitrogen and oxygen atoms in total. The molecule has 3 atom stereocenters. The van der Waals surface area contributed by atoms with Crippen molar-refractivity contribution in [2.45, 2.75) is 68.8 Å². The van der Waals surface area contributed by atoms with E-state index < -0.39 is 68.1 Å². The maximum atomic E-state index is 13.6. The van der Waals surface area contributed by atoms with E-state index in [9.17, 15) is 36.3 Å². The van der Waals surface area contributed by atoms with Gasteiger partial charge in [0.15, 0.2) is 5.01 Å². The van der Waals surface area contributed by atoms with Gasteiger partial charge in [-0.2, -0.15) is 0 Å². The summed E-state index contributed by atoms with van der Waals surface area (Å²) in [5.74, 6) is -2.59. The molecular formula is C38H47N7O9S3. The lowest BCUT2D eigenvalue weighted by Crippen LogP contribution is -2.57. The van der Waals surface area contributed by atoms with Gasteiger partial charge in [-0.3, -0.25) is 19.4 Å². The van der Waals surface area contributed by atoms with Crippen molar-refractivity contribution < 1.29 is 41.1 Å². The molecule has 3 aromatic carbocycles. The van der Waals surface area contributed by atoms with E-state index in [-0.39, 0.29) is 41.7 Å². The first-order valence-corrected chi connectivity index (χ1v) is 21.8. The van der Waals surface area contributed by atoms with E-state index in [4.69, 9.17) is 10.5 Å². The number of guanidine groups is 1. The molecule has 0 saturated heterocycles. The van der Waals surface area contributed by atoms with Crippen molar-refractivity contribution in [1.82, 2.24) is 25.1 Å². The number of hydrogen-bond acceptors (Lipinski definition) is 12. The van der Waals surface area contributed by atoms with Crippen LogP contribution in [-0.2, 0) is 41.8 Å². The Morgan fingerprint density at radius 1 is 0.895 bits per heavy atom. The highest BCUT2D eigenvalue weighted by molar-refractivity contribution is 7.90. The van der Waals surface area contributed by atoms with E-state index in [2.05, 4.69) is 30.1 Å². The monoisotopic (exact) mass is 841 g/mol. The Bertz CT molecular complexity index is 2260. The molecule has 0 radical (unpaired) electrons. The van der Waals surface area contributed by atoms with Gasteiger partial charge in [-0.15, -0.1) is 11.3 Å². The number of sulfonamides is 2. The molecule has 306 valence electrons. The zero-order valence-corrected chi connectivity index (χ0v) is 34.3. The average Bonchev–Trinajstić information content (AvgIpc) is 3.71. The number of thiazole rings is 1. The number of aromatic nitrogens is 1. The number of methoxy groups -OCH3 is 1. The van der Waals surface area contributed by atoms with E-state index in [0.29, 0.717) is 33.6 Å². The average molecular weight is 842 g/mol. The minimum Gasteiger partial charge on any atom is -0.496 e. The van der Waals surface area contributed by atoms with E-state index >= 15 is 0 Å². The van der Waals surface area contributed by atoms with Crippen molar-refractivity contribution in [1.29, 1.82) is 0 Å². The van der Waals surface area contributed by atoms with Crippen LogP contribution >= 0.6 is 11.3 Å². The van der Waals surface area contributed by atoms with Gasteiger partial charge < -0.3 is 26.2 Å². The molecule has 0 spiro atoms. The van der Waals surface area contributed by atoms with Gasteiger partial charge in [0.1, 0.15) is 17.8 Å². The molecule has 0 bridgehead atoms. The number of aliphatic hydroxyl groups excluding tert-OH is 1. The van der Waals surface area contributed by atoms with Crippen LogP contribution in [0.25, 0.3) is 0 Å². The molecule has 0 aliphatic rings. The van der Waals surface area contributed by atoms with Gasteiger partial charge in [-0.25, -0.2) is 31.3 Å². The summed E-state index contributed by atoms with van der Waals surface area (Å²) >= 11 is 1.05. The molecular weight excluding hydrogens is 795 g/mol. The molecule has 19 heteroatoms. The van der Waals surface area contributed by atoms with E-state index in [1.54, 1.807) is 92.9 Å². The molecule has 57 heavy (non-hydrogen) atoms. The summed E-state index contributed by atoms with van der Waals surface area (Å²) in [4.78, 5) is 48.8. The summed E-state index contributed by atoms with van der Waals surface area (Å²) in [6.45, 7) is 4.11. The highest BCUT2D eigenvalue weighted by atomic mass is 32.2. The number of aryl methyl sites for hydroxylation is 1. The zero-order valence-electron chi connectivity index (χ0n) is 31.9. The van der Waals surface area contributed by atoms with Crippen molar-refractivity contribution in [3.8, 4) is 5.75 Å². The Morgan fingerprint density at radius 3 is 2.11 bits per heavy atom. The first kappa shape index (κ1) is 44.5. The molecule has 1 heterocycles. The summed E-state index contributed by atoms with van der Waals surface area (Å²) in [6, 6.07) is 14.5. The van der Waals surface area contributed by atoms with Gasteiger partial charge in [0.2, 0.25) is 33.6 Å². The smallest absolute Gasteiger partial charge is 0.264 e. The summed E-state index contributed by atoms with van der Waals surface area (Å²) < 4.78 is 62.9. The van der Waals surface area contributed by atoms with Crippen LogP contribution in [0.4, 0.5) is 0 Å². The largest absolute Gasteiger partial charge is 0.496 e. The van der Waals surface area contributed by atoms with Crippen molar-refractivity contribution in [3.05, 3.63) is 111 Å². The van der Waals surface area contributed by atoms with Gasteiger partial charge in [-0.1, -0.05) is 60.7 Å². The topological polar surface area (TPSA) is 248 Å². The molecule has 0 aliphatic carbocycles. The van der Waals surface area contributed by atoms with Crippen LogP contribution in [0.2, 0.25) is 0 Å². The Morgan fingerprint density at radius 2 is 1.51 bits per heavy atom. The fourth-order valence-corrected chi connectivity index (χ4v) is 9.40. The summed E-state index contributed by atoms with van der Waals surface area (Å²) in [5.41, 5.74) is 8.67. The highest BCUT2D eigenvalue weighted by Gasteiger charge is 2.32. The lowest BCUT2D eigenvalue weighted by atomic mass is 10.0. The Balaban J connectivity index is 1.45. The number of amides is 2. The van der Waals surface area contributed by atoms with Gasteiger partial charge in [-0.05, 0) is 73.9 Å². The van der Waals surface area contributed by atoms with E-state index in [0.717, 1.165) is 11.3 Å². The molecule has 7 N–H and O–H groups in total. The molecule has 1 aromatic heterocycles. The quantitative estimate of drug-likeness (QED) is 0.0325. The first-order valence-electron chi connectivity index (χ1n) is 17.8. The molecule has 4 aromatic rings. The van der Waals surface area contributed by atoms with Gasteiger partial charge in [0.25, 0.3) is 10.0 Å². The number of nitrogens with zero attached hydrogens (tertiary/aromatic N) is 2. The third-order valence-corrected chi connectivity index (χ3v) is 12.6. The van der Waals surface area contributed by atoms with Crippen LogP contribution in [0.5, 0.6) is 5.75 Å². The maximum Gasteiger partial charge on any atom is 0.264 e. The fraction of sp³-hybridized carbons (Fsp3) is 0.342. The SMILES string of the molecule is COc1cc(C)c(S(=O)(=O)NC(N)=NCCC[C@H](NC(=O)[C@H](CO)NC(=O)[C@@H](Cc2ccccc2)NS(=O)(=O)Cc2ccccc2)C(=O)c2nccs2)c(C)c1C. The molecule has 2 amide bonds. The number of nitrogens with two attached hydrogens (primary N) is 1. The van der Waals surface area contributed by atoms with Crippen LogP contribution in [-0.4, -0.2) is 88.9 Å². The molecule has 0 fully saturated rings. The minimum absolute atomic E-state index is 0.00835. The fourth-order valence-electron chi connectivity index (χ4n) is 5.95. The Labute approximate surface area is 336 Å². The minimum atomic E-state index is -4.13. The van der Waals surface area contributed by atoms with E-state index in [1.807, 2.05) is 0 Å². The standard InChI is InChI=1S/C38H47N7O9S3/c1-24-20-32(54-4)25(2)26(3)34(24)57(52,53)45-38(39)41-17-11-16-29(33(47)37-40-18-19-55-37)42-36(49)31(22-46)43-35(48)30(21-27-12-7-5-8-13-27)44-56(50,51)23-28-14-9-6-10-15-28/h5-10,12-15,18-20,29-31,44,46H,11,16-17,21-23H2,1-4H3,(H,42,49)(H,43,48)(H3,39,41,45)/t29-,30+,31-/m0/s1. The number of ketones is 1. The normalized spacial score (nSPS) is 13.6. The van der Waals surface area contributed by atoms with Crippen LogP contribution in [0.15, 0.2) is 88.2 Å². The summed E-state index contributed by atoms with van der Waals surface area (Å²) in [7, 11) is -6.69. The van der Waals surface area contributed by atoms with Crippen molar-refractivity contribution >= 4 is 54.9 Å². The molecule has 0 saturated carbocycles. The second-order valence-electron chi connectivity index (χ2n) is 13.1. The Hall–Kier alpha value is -5.21. The second kappa shape index (κ2) is 20.3. The van der Waals surface area contributed by atoms with Crippen molar-refractivity contribution in [2.75, 3.05) is 20.3 Å². The van der Waals surface area contributed by atoms with Gasteiger partial charge in [0.05, 0.1) is 30.4 Å². The number of aliphatic imine (C=N–C) groups is 1. The number of nitrogens with one attached hydrogen (secondary N) is 4. The third-order valence-electron chi connectivity index (χ3n) is 8.85. The highest BCUT2D eigenvalue weighted by Crippen LogP contribution is 2.30. The van der Waals surface area contributed by atoms with Gasteiger partial charge in [0, 0.05) is 18.1 Å². The van der Waals surface area contributed by atoms with Crippen molar-refractivity contribution in [2.24, 2.45) is 10.7 Å². The van der Waals surface area contributed by atoms with Crippen LogP contribution in [0, 0.1) is 20.8 Å². The zero-order chi connectivity index (χ0) is 41.8. The number of benzene rings is 3. The summed E-state index contributed by atoms with van der Waals surface area (Å²) in [5, 5.41) is 16.9. The number of carbonyl (C=O) groups excluding carboxylic acids is 3. The first-order chi connectivity index (χ1) is 27.0. The Kier molecular flexibility index (Phi) is 15.8. The summed E-state index contributed by atoms with van der Waals surface area (Å²) in [6.07, 6.45) is 1.49. The maximum absolute atomic E-state index is 13.6. The van der Waals surface area contributed by atoms with Crippen LogP contribution < -0.4 is 30.5 Å². The van der Waals surface area contributed by atoms with Crippen LogP contribution in [0.3, 0.4) is 0 Å². The number of aliphatic hydroxyl groups is 1. The number of ether oxygens (including phenoxy) is 1. The van der Waals surface area contributed by atoms with Crippen molar-refractivity contribution in [3.63, 3.8) is 0 Å². The van der Waals surface area contributed by atoms with Gasteiger partial charge >= 0.3 is 0 Å². The number of rotatable bonds is 20. The number of hydrogen-bond donors (Lipinski definition) is 6. The third kappa shape index (κ3) is 12.6. The van der Waals surface area contributed by atoms with E-state index in [1.165, 1.54) is 13.3 Å². The lowest BCUT2D eigenvalue weighted by Gasteiger charge is -2.24.